The van der Waals surface area contributed by atoms with Gasteiger partial charge in [-0.25, -0.2) is 4.98 Å². The van der Waals surface area contributed by atoms with Crippen molar-refractivity contribution in [2.45, 2.75) is 19.3 Å². The van der Waals surface area contributed by atoms with Gasteiger partial charge in [0.25, 0.3) is 5.91 Å². The molecular weight excluding hydrogens is 388 g/mol. The molecule has 1 aliphatic rings. The van der Waals surface area contributed by atoms with Gasteiger partial charge >= 0.3 is 6.29 Å². The molecule has 1 aromatic heterocycles. The lowest BCUT2D eigenvalue weighted by Gasteiger charge is -2.19. The number of aromatic nitrogens is 1. The topological polar surface area (TPSA) is 64.9 Å². The summed E-state index contributed by atoms with van der Waals surface area (Å²) in [7, 11) is 1.91. The number of carbonyl (C=O) groups excluding carboxylic acids is 1. The number of carbonyl (C=O) groups is 1. The van der Waals surface area contributed by atoms with Crippen molar-refractivity contribution in [3.8, 4) is 11.5 Å². The van der Waals surface area contributed by atoms with Crippen molar-refractivity contribution in [1.82, 2.24) is 4.98 Å². The van der Waals surface area contributed by atoms with E-state index >= 15 is 0 Å². The number of benzene rings is 2. The molecule has 1 amide bonds. The molecule has 146 valence electrons. The van der Waals surface area contributed by atoms with Crippen LogP contribution in [0.25, 0.3) is 10.2 Å². The van der Waals surface area contributed by atoms with Gasteiger partial charge in [0.15, 0.2) is 23.1 Å². The second kappa shape index (κ2) is 6.99. The predicted octanol–water partition coefficient (Wildman–Crippen LogP) is 2.83. The van der Waals surface area contributed by atoms with Crippen molar-refractivity contribution in [3.05, 3.63) is 47.5 Å². The maximum atomic E-state index is 13.1. The van der Waals surface area contributed by atoms with E-state index in [0.29, 0.717) is 5.69 Å². The van der Waals surface area contributed by atoms with Crippen LogP contribution in [0.3, 0.4) is 0 Å². The van der Waals surface area contributed by atoms with Gasteiger partial charge in [-0.15, -0.1) is 20.1 Å². The smallest absolute Gasteiger partial charge is 0.395 e. The van der Waals surface area contributed by atoms with Gasteiger partial charge in [0.05, 0.1) is 17.3 Å². The average Bonchev–Trinajstić information content (AvgIpc) is 3.19. The summed E-state index contributed by atoms with van der Waals surface area (Å²) in [5.41, 5.74) is 1.31. The number of halogens is 2. The molecule has 0 radical (unpaired) electrons. The molecule has 6 nitrogen and oxygen atoms in total. The highest BCUT2D eigenvalue weighted by Crippen LogP contribution is 2.42. The van der Waals surface area contributed by atoms with Crippen LogP contribution in [0.15, 0.2) is 42.5 Å². The van der Waals surface area contributed by atoms with Crippen LogP contribution in [0.2, 0.25) is 0 Å². The summed E-state index contributed by atoms with van der Waals surface area (Å²) < 4.78 is 36.0. The number of thiazole rings is 1. The first-order valence-corrected chi connectivity index (χ1v) is 9.50. The fraction of sp³-hybridized carbons (Fsp3) is 0.263. The van der Waals surface area contributed by atoms with Crippen LogP contribution in [0.5, 0.6) is 11.5 Å². The second-order valence-corrected chi connectivity index (χ2v) is 7.70. The van der Waals surface area contributed by atoms with Crippen molar-refractivity contribution in [2.75, 3.05) is 18.9 Å². The number of rotatable bonds is 5. The maximum Gasteiger partial charge on any atom is 0.586 e. The number of anilines is 1. The van der Waals surface area contributed by atoms with Gasteiger partial charge in [-0.05, 0) is 31.2 Å². The van der Waals surface area contributed by atoms with Crippen LogP contribution in [0.4, 0.5) is 14.5 Å². The molecule has 3 aromatic rings. The summed E-state index contributed by atoms with van der Waals surface area (Å²) in [6.45, 7) is 2.21. The summed E-state index contributed by atoms with van der Waals surface area (Å²) in [4.78, 5) is 18.0. The molecule has 28 heavy (non-hydrogen) atoms. The molecule has 2 heterocycles. The number of nitrogens with one attached hydrogen (secondary N) is 2. The number of hydrogen-bond acceptors (Lipinski definition) is 5. The number of nitrogens with zero attached hydrogens (tertiary/aromatic N) is 1. The third kappa shape index (κ3) is 3.76. The lowest BCUT2D eigenvalue weighted by Crippen LogP contribution is -3.10. The van der Waals surface area contributed by atoms with Crippen LogP contribution in [0.1, 0.15) is 18.0 Å². The van der Waals surface area contributed by atoms with Gasteiger partial charge < -0.3 is 19.7 Å². The zero-order valence-electron chi connectivity index (χ0n) is 15.2. The van der Waals surface area contributed by atoms with Crippen LogP contribution < -0.4 is 19.7 Å². The van der Waals surface area contributed by atoms with Gasteiger partial charge in [0.2, 0.25) is 0 Å². The molecule has 2 aromatic carbocycles. The standard InChI is InChI=1S/C19H17F2N3O3S/c1-11(18-23-13-5-3-4-6-16(13)28-18)24(2)10-17(25)22-12-7-8-14-15(9-12)27-19(20,21)26-14/h3-9,11H,10H2,1-2H3,(H,22,25)/p+1/t11-/m0/s1. The predicted molar refractivity (Wildman–Crippen MR) is 101 cm³/mol. The molecule has 0 aliphatic carbocycles. The summed E-state index contributed by atoms with van der Waals surface area (Å²) in [5, 5.41) is 3.66. The summed E-state index contributed by atoms with van der Waals surface area (Å²) in [6.07, 6.45) is -3.68. The summed E-state index contributed by atoms with van der Waals surface area (Å²) in [5.74, 6) is -0.405. The monoisotopic (exact) mass is 406 g/mol. The Balaban J connectivity index is 1.39. The minimum absolute atomic E-state index is 0.0265. The van der Waals surface area contributed by atoms with Crippen LogP contribution >= 0.6 is 11.3 Å². The lowest BCUT2D eigenvalue weighted by molar-refractivity contribution is -0.902. The molecule has 0 saturated carbocycles. The van der Waals surface area contributed by atoms with E-state index in [2.05, 4.69) is 19.8 Å². The third-order valence-electron chi connectivity index (χ3n) is 4.54. The Labute approximate surface area is 163 Å². The van der Waals surface area contributed by atoms with E-state index in [0.717, 1.165) is 20.1 Å². The highest BCUT2D eigenvalue weighted by Gasteiger charge is 2.43. The molecule has 9 heteroatoms. The third-order valence-corrected chi connectivity index (χ3v) is 5.76. The second-order valence-electron chi connectivity index (χ2n) is 6.64. The van der Waals surface area contributed by atoms with Gasteiger partial charge in [0.1, 0.15) is 6.04 Å². The molecular formula is C19H18F2N3O3S+. The van der Waals surface area contributed by atoms with Crippen LogP contribution in [0, 0.1) is 0 Å². The number of amides is 1. The van der Waals surface area contributed by atoms with E-state index < -0.39 is 6.29 Å². The molecule has 2 N–H and O–H groups in total. The Morgan fingerprint density at radius 2 is 2.00 bits per heavy atom. The molecule has 4 rings (SSSR count). The number of quaternary nitrogens is 1. The Bertz CT molecular complexity index is 1010. The van der Waals surface area contributed by atoms with Crippen molar-refractivity contribution in [2.24, 2.45) is 0 Å². The number of alkyl halides is 2. The lowest BCUT2D eigenvalue weighted by atomic mass is 10.2. The Morgan fingerprint density at radius 1 is 1.25 bits per heavy atom. The SMILES string of the molecule is C[C@@H](c1nc2ccccc2s1)[NH+](C)CC(=O)Nc1ccc2c(c1)OC(F)(F)O2. The fourth-order valence-electron chi connectivity index (χ4n) is 2.92. The molecule has 0 bridgehead atoms. The van der Waals surface area contributed by atoms with Crippen molar-refractivity contribution >= 4 is 33.1 Å². The normalized spacial score (nSPS) is 16.7. The van der Waals surface area contributed by atoms with E-state index in [-0.39, 0.29) is 30.0 Å². The van der Waals surface area contributed by atoms with E-state index in [4.69, 9.17) is 0 Å². The van der Waals surface area contributed by atoms with E-state index in [1.165, 1.54) is 18.2 Å². The number of ether oxygens (including phenoxy) is 2. The van der Waals surface area contributed by atoms with Crippen molar-refractivity contribution < 1.29 is 27.9 Å². The Morgan fingerprint density at radius 3 is 2.79 bits per heavy atom. The van der Waals surface area contributed by atoms with Crippen LogP contribution in [-0.2, 0) is 4.79 Å². The quantitative estimate of drug-likeness (QED) is 0.684. The number of hydrogen-bond donors (Lipinski definition) is 2. The van der Waals surface area contributed by atoms with Gasteiger partial charge in [-0.3, -0.25) is 4.79 Å². The average molecular weight is 406 g/mol. The van der Waals surface area contributed by atoms with Crippen molar-refractivity contribution in [1.29, 1.82) is 0 Å². The molecule has 1 aliphatic heterocycles. The minimum atomic E-state index is -3.68. The fourth-order valence-corrected chi connectivity index (χ4v) is 4.04. The van der Waals surface area contributed by atoms with E-state index in [1.54, 1.807) is 11.3 Å². The molecule has 0 saturated heterocycles. The number of likely N-dealkylation sites (N-methyl/N-ethyl adjacent to an activating group) is 1. The first kappa shape index (κ1) is 18.6. The Hall–Kier alpha value is -2.78. The van der Waals surface area contributed by atoms with E-state index in [9.17, 15) is 13.6 Å². The summed E-state index contributed by atoms with van der Waals surface area (Å²) in [6, 6.07) is 12.1. The molecule has 0 fully saturated rings. The first-order valence-electron chi connectivity index (χ1n) is 8.68. The van der Waals surface area contributed by atoms with E-state index in [1.807, 2.05) is 38.2 Å². The van der Waals surface area contributed by atoms with Gasteiger partial charge in [-0.1, -0.05) is 12.1 Å². The number of fused-ring (bicyclic) bond motifs is 2. The molecule has 2 atom stereocenters. The first-order chi connectivity index (χ1) is 13.3. The summed E-state index contributed by atoms with van der Waals surface area (Å²) >= 11 is 1.61. The van der Waals surface area contributed by atoms with Crippen LogP contribution in [-0.4, -0.2) is 30.8 Å². The molecule has 0 spiro atoms. The number of para-hydroxylation sites is 1. The zero-order chi connectivity index (χ0) is 19.9. The Kier molecular flexibility index (Phi) is 4.64. The minimum Gasteiger partial charge on any atom is -0.395 e. The molecule has 1 unspecified atom stereocenters. The largest absolute Gasteiger partial charge is 0.586 e. The maximum absolute atomic E-state index is 13.1. The highest BCUT2D eigenvalue weighted by molar-refractivity contribution is 7.18. The van der Waals surface area contributed by atoms with Gasteiger partial charge in [0, 0.05) is 11.8 Å². The van der Waals surface area contributed by atoms with Crippen molar-refractivity contribution in [3.63, 3.8) is 0 Å². The zero-order valence-corrected chi connectivity index (χ0v) is 16.0. The highest BCUT2D eigenvalue weighted by atomic mass is 32.1. The van der Waals surface area contributed by atoms with Gasteiger partial charge in [-0.2, -0.15) is 0 Å².